The zero-order valence-corrected chi connectivity index (χ0v) is 15.8. The van der Waals surface area contributed by atoms with E-state index in [1.807, 2.05) is 66.7 Å². The molecule has 0 unspecified atom stereocenters. The van der Waals surface area contributed by atoms with Gasteiger partial charge in [-0.05, 0) is 23.3 Å². The first-order chi connectivity index (χ1) is 13.8. The van der Waals surface area contributed by atoms with Crippen LogP contribution in [0.5, 0.6) is 0 Å². The van der Waals surface area contributed by atoms with E-state index in [0.717, 1.165) is 21.8 Å². The van der Waals surface area contributed by atoms with Crippen molar-refractivity contribution in [1.29, 1.82) is 0 Å². The number of anilines is 2. The lowest BCUT2D eigenvalue weighted by Crippen LogP contribution is -2.19. The third-order valence-electron chi connectivity index (χ3n) is 4.21. The highest BCUT2D eigenvalue weighted by atomic mass is 32.1. The number of rotatable bonds is 5. The van der Waals surface area contributed by atoms with Gasteiger partial charge in [-0.25, -0.2) is 4.79 Å². The SMILES string of the molecule is O=C(Nc1ccccc1)Nc1nnc(C(c2ccccc2)c2ccccc2)s1. The molecule has 0 saturated heterocycles. The Kier molecular flexibility index (Phi) is 5.40. The van der Waals surface area contributed by atoms with Gasteiger partial charge in [0.2, 0.25) is 5.13 Å². The van der Waals surface area contributed by atoms with E-state index in [9.17, 15) is 4.79 Å². The topological polar surface area (TPSA) is 66.9 Å². The molecule has 0 radical (unpaired) electrons. The van der Waals surface area contributed by atoms with Crippen molar-refractivity contribution in [3.8, 4) is 0 Å². The van der Waals surface area contributed by atoms with Gasteiger partial charge in [0.25, 0.3) is 0 Å². The minimum absolute atomic E-state index is 0.0346. The Morgan fingerprint density at radius 2 is 1.25 bits per heavy atom. The van der Waals surface area contributed by atoms with E-state index in [4.69, 9.17) is 0 Å². The molecule has 138 valence electrons. The molecule has 2 amide bonds. The van der Waals surface area contributed by atoms with Crippen molar-refractivity contribution in [2.45, 2.75) is 5.92 Å². The second kappa shape index (κ2) is 8.45. The van der Waals surface area contributed by atoms with E-state index in [-0.39, 0.29) is 11.9 Å². The van der Waals surface area contributed by atoms with Gasteiger partial charge in [0.15, 0.2) is 0 Å². The van der Waals surface area contributed by atoms with Gasteiger partial charge in [0, 0.05) is 5.69 Å². The maximum atomic E-state index is 12.2. The van der Waals surface area contributed by atoms with Gasteiger partial charge in [-0.3, -0.25) is 5.32 Å². The van der Waals surface area contributed by atoms with Crippen molar-refractivity contribution >= 4 is 28.2 Å². The van der Waals surface area contributed by atoms with Crippen molar-refractivity contribution in [2.24, 2.45) is 0 Å². The lowest BCUT2D eigenvalue weighted by molar-refractivity contribution is 0.262. The molecule has 6 heteroatoms. The second-order valence-corrected chi connectivity index (χ2v) is 7.15. The Morgan fingerprint density at radius 1 is 0.714 bits per heavy atom. The number of carbonyl (C=O) groups is 1. The quantitative estimate of drug-likeness (QED) is 0.485. The second-order valence-electron chi connectivity index (χ2n) is 6.14. The fraction of sp³-hybridized carbons (Fsp3) is 0.0455. The monoisotopic (exact) mass is 386 g/mol. The summed E-state index contributed by atoms with van der Waals surface area (Å²) in [6.07, 6.45) is 0. The highest BCUT2D eigenvalue weighted by molar-refractivity contribution is 7.15. The average molecular weight is 386 g/mol. The Hall–Kier alpha value is -3.51. The van der Waals surface area contributed by atoms with E-state index >= 15 is 0 Å². The molecule has 0 aliphatic carbocycles. The maximum absolute atomic E-state index is 12.2. The fourth-order valence-corrected chi connectivity index (χ4v) is 3.85. The summed E-state index contributed by atoms with van der Waals surface area (Å²) in [6, 6.07) is 29.3. The molecule has 28 heavy (non-hydrogen) atoms. The minimum atomic E-state index is -0.343. The Bertz CT molecular complexity index is 996. The summed E-state index contributed by atoms with van der Waals surface area (Å²) < 4.78 is 0. The van der Waals surface area contributed by atoms with Crippen molar-refractivity contribution in [2.75, 3.05) is 10.6 Å². The highest BCUT2D eigenvalue weighted by Gasteiger charge is 2.21. The first-order valence-corrected chi connectivity index (χ1v) is 9.67. The van der Waals surface area contributed by atoms with Crippen molar-refractivity contribution < 1.29 is 4.79 Å². The molecule has 0 atom stereocenters. The summed E-state index contributed by atoms with van der Waals surface area (Å²) in [5.74, 6) is -0.0346. The Balaban J connectivity index is 1.56. The summed E-state index contributed by atoms with van der Waals surface area (Å²) >= 11 is 1.38. The molecule has 3 aromatic carbocycles. The van der Waals surface area contributed by atoms with Crippen molar-refractivity contribution in [1.82, 2.24) is 10.2 Å². The van der Waals surface area contributed by atoms with Crippen LogP contribution in [0.4, 0.5) is 15.6 Å². The molecule has 0 spiro atoms. The van der Waals surface area contributed by atoms with Crippen LogP contribution in [-0.4, -0.2) is 16.2 Å². The molecular weight excluding hydrogens is 368 g/mol. The summed E-state index contributed by atoms with van der Waals surface area (Å²) in [4.78, 5) is 12.2. The molecule has 0 fully saturated rings. The van der Waals surface area contributed by atoms with Gasteiger partial charge < -0.3 is 5.32 Å². The molecule has 0 aliphatic rings. The highest BCUT2D eigenvalue weighted by Crippen LogP contribution is 2.34. The molecular formula is C22H18N4OS. The van der Waals surface area contributed by atoms with Crippen LogP contribution in [0.2, 0.25) is 0 Å². The third kappa shape index (κ3) is 4.24. The van der Waals surface area contributed by atoms with Gasteiger partial charge >= 0.3 is 6.03 Å². The molecule has 0 bridgehead atoms. The van der Waals surface area contributed by atoms with E-state index in [1.54, 1.807) is 0 Å². The first kappa shape index (κ1) is 17.9. The van der Waals surface area contributed by atoms with Crippen LogP contribution in [0, 0.1) is 0 Å². The standard InChI is InChI=1S/C22H18N4OS/c27-21(23-18-14-8-3-9-15-18)24-22-26-25-20(28-22)19(16-10-4-1-5-11-16)17-12-6-2-7-13-17/h1-15,19H,(H2,23,24,26,27). The van der Waals surface area contributed by atoms with Crippen LogP contribution in [0.25, 0.3) is 0 Å². The van der Waals surface area contributed by atoms with Gasteiger partial charge in [-0.2, -0.15) is 0 Å². The number of carbonyl (C=O) groups excluding carboxylic acids is 1. The number of amides is 2. The largest absolute Gasteiger partial charge is 0.325 e. The van der Waals surface area contributed by atoms with E-state index in [2.05, 4.69) is 45.1 Å². The normalized spacial score (nSPS) is 10.6. The minimum Gasteiger partial charge on any atom is -0.308 e. The predicted molar refractivity (Wildman–Crippen MR) is 113 cm³/mol. The molecule has 5 nitrogen and oxygen atoms in total. The van der Waals surface area contributed by atoms with Crippen LogP contribution >= 0.6 is 11.3 Å². The molecule has 2 N–H and O–H groups in total. The molecule has 4 aromatic rings. The lowest BCUT2D eigenvalue weighted by Gasteiger charge is -2.14. The summed E-state index contributed by atoms with van der Waals surface area (Å²) in [7, 11) is 0. The number of urea groups is 1. The first-order valence-electron chi connectivity index (χ1n) is 8.86. The Morgan fingerprint density at radius 3 is 1.82 bits per heavy atom. The summed E-state index contributed by atoms with van der Waals surface area (Å²) in [6.45, 7) is 0. The number of hydrogen-bond acceptors (Lipinski definition) is 4. The maximum Gasteiger partial charge on any atom is 0.325 e. The van der Waals surface area contributed by atoms with Crippen LogP contribution in [0.1, 0.15) is 22.1 Å². The predicted octanol–water partition coefficient (Wildman–Crippen LogP) is 5.36. The van der Waals surface area contributed by atoms with Crippen LogP contribution in [0.3, 0.4) is 0 Å². The number of aromatic nitrogens is 2. The van der Waals surface area contributed by atoms with Gasteiger partial charge in [-0.1, -0.05) is 90.2 Å². The zero-order valence-electron chi connectivity index (χ0n) is 14.9. The number of nitrogens with one attached hydrogen (secondary N) is 2. The van der Waals surface area contributed by atoms with E-state index in [0.29, 0.717) is 5.13 Å². The van der Waals surface area contributed by atoms with E-state index in [1.165, 1.54) is 11.3 Å². The lowest BCUT2D eigenvalue weighted by atomic mass is 9.92. The molecule has 0 saturated carbocycles. The van der Waals surface area contributed by atoms with Crippen molar-refractivity contribution in [3.05, 3.63) is 107 Å². The smallest absolute Gasteiger partial charge is 0.308 e. The van der Waals surface area contributed by atoms with Crippen LogP contribution < -0.4 is 10.6 Å². The van der Waals surface area contributed by atoms with Gasteiger partial charge in [0.1, 0.15) is 5.01 Å². The van der Waals surface area contributed by atoms with E-state index < -0.39 is 0 Å². The number of para-hydroxylation sites is 1. The molecule has 4 rings (SSSR count). The summed E-state index contributed by atoms with van der Waals surface area (Å²) in [5, 5.41) is 15.4. The number of nitrogens with zero attached hydrogens (tertiary/aromatic N) is 2. The number of hydrogen-bond donors (Lipinski definition) is 2. The number of benzene rings is 3. The average Bonchev–Trinajstić information content (AvgIpc) is 3.18. The third-order valence-corrected chi connectivity index (χ3v) is 5.11. The van der Waals surface area contributed by atoms with Crippen LogP contribution in [0.15, 0.2) is 91.0 Å². The Labute approximate surface area is 167 Å². The van der Waals surface area contributed by atoms with Gasteiger partial charge in [0.05, 0.1) is 5.92 Å². The molecule has 0 aliphatic heterocycles. The molecule has 1 aromatic heterocycles. The van der Waals surface area contributed by atoms with Gasteiger partial charge in [-0.15, -0.1) is 10.2 Å². The van der Waals surface area contributed by atoms with Crippen molar-refractivity contribution in [3.63, 3.8) is 0 Å². The van der Waals surface area contributed by atoms with Crippen LogP contribution in [-0.2, 0) is 0 Å². The molecule has 1 heterocycles. The zero-order chi connectivity index (χ0) is 19.2. The summed E-state index contributed by atoms with van der Waals surface area (Å²) in [5.41, 5.74) is 2.98. The fourth-order valence-electron chi connectivity index (χ4n) is 2.95.